The van der Waals surface area contributed by atoms with E-state index in [2.05, 4.69) is 10.5 Å². The van der Waals surface area contributed by atoms with Gasteiger partial charge in [-0.3, -0.25) is 4.79 Å². The van der Waals surface area contributed by atoms with E-state index in [0.29, 0.717) is 22.0 Å². The van der Waals surface area contributed by atoms with E-state index >= 15 is 0 Å². The Morgan fingerprint density at radius 1 is 1.27 bits per heavy atom. The molecule has 1 heterocycles. The van der Waals surface area contributed by atoms with E-state index in [9.17, 15) is 9.18 Å². The molecule has 0 spiro atoms. The van der Waals surface area contributed by atoms with Crippen molar-refractivity contribution in [3.63, 3.8) is 0 Å². The van der Waals surface area contributed by atoms with E-state index in [1.54, 1.807) is 36.4 Å². The number of nitrogens with one attached hydrogen (secondary N) is 1. The smallest absolute Gasteiger partial charge is 0.277 e. The molecule has 3 rings (SSSR count). The Balaban J connectivity index is 1.50. The Bertz CT molecular complexity index is 807. The predicted molar refractivity (Wildman–Crippen MR) is 101 cm³/mol. The summed E-state index contributed by atoms with van der Waals surface area (Å²) >= 11 is 5.84. The molecule has 2 aromatic carbocycles. The first kappa shape index (κ1) is 18.2. The van der Waals surface area contributed by atoms with E-state index < -0.39 is 5.91 Å². The lowest BCUT2D eigenvalue weighted by Crippen LogP contribution is -2.24. The minimum atomic E-state index is -0.421. The molecule has 5 nitrogen and oxygen atoms in total. The van der Waals surface area contributed by atoms with Gasteiger partial charge in [0.25, 0.3) is 5.91 Å². The Morgan fingerprint density at radius 2 is 2.08 bits per heavy atom. The lowest BCUT2D eigenvalue weighted by Gasteiger charge is -2.18. The van der Waals surface area contributed by atoms with E-state index in [-0.39, 0.29) is 12.4 Å². The summed E-state index contributed by atoms with van der Waals surface area (Å²) < 4.78 is 19.5. The van der Waals surface area contributed by atoms with Gasteiger partial charge < -0.3 is 9.64 Å². The minimum absolute atomic E-state index is 0.195. The monoisotopic (exact) mass is 375 g/mol. The van der Waals surface area contributed by atoms with Crippen molar-refractivity contribution in [2.45, 2.75) is 12.8 Å². The number of carbonyl (C=O) groups excluding carboxylic acids is 1. The van der Waals surface area contributed by atoms with Gasteiger partial charge in [0.15, 0.2) is 6.61 Å². The van der Waals surface area contributed by atoms with Gasteiger partial charge in [-0.25, -0.2) is 9.82 Å². The maximum Gasteiger partial charge on any atom is 0.277 e. The number of carbonyl (C=O) groups is 1. The van der Waals surface area contributed by atoms with Crippen molar-refractivity contribution in [1.82, 2.24) is 5.43 Å². The second-order valence-corrected chi connectivity index (χ2v) is 6.38. The average Bonchev–Trinajstić information content (AvgIpc) is 3.14. The van der Waals surface area contributed by atoms with Gasteiger partial charge >= 0.3 is 0 Å². The van der Waals surface area contributed by atoms with Crippen molar-refractivity contribution in [2.24, 2.45) is 5.10 Å². The van der Waals surface area contributed by atoms with Crippen LogP contribution in [0.5, 0.6) is 5.75 Å². The maximum atomic E-state index is 14.2. The summed E-state index contributed by atoms with van der Waals surface area (Å²) in [5.41, 5.74) is 3.53. The third-order valence-electron chi connectivity index (χ3n) is 3.99. The number of ether oxygens (including phenoxy) is 1. The SMILES string of the molecule is O=C(COc1cccc(Cl)c1)N/N=C/c1ccc(N2CCCC2)c(F)c1. The second-order valence-electron chi connectivity index (χ2n) is 5.94. The average molecular weight is 376 g/mol. The molecule has 2 aromatic rings. The van der Waals surface area contributed by atoms with Crippen LogP contribution >= 0.6 is 11.6 Å². The third kappa shape index (κ3) is 4.95. The van der Waals surface area contributed by atoms with Gasteiger partial charge in [-0.15, -0.1) is 0 Å². The Morgan fingerprint density at radius 3 is 2.81 bits per heavy atom. The van der Waals surface area contributed by atoms with Crippen LogP contribution in [0.3, 0.4) is 0 Å². The number of anilines is 1. The number of benzene rings is 2. The van der Waals surface area contributed by atoms with E-state index in [1.165, 1.54) is 12.3 Å². The molecular weight excluding hydrogens is 357 g/mol. The van der Waals surface area contributed by atoms with Gasteiger partial charge in [0.2, 0.25) is 0 Å². The summed E-state index contributed by atoms with van der Waals surface area (Å²) in [5.74, 6) is -0.210. The van der Waals surface area contributed by atoms with Gasteiger partial charge in [0.05, 0.1) is 11.9 Å². The molecule has 0 aliphatic carbocycles. The third-order valence-corrected chi connectivity index (χ3v) is 4.22. The first-order valence-electron chi connectivity index (χ1n) is 8.36. The molecule has 136 valence electrons. The quantitative estimate of drug-likeness (QED) is 0.620. The van der Waals surface area contributed by atoms with Crippen molar-refractivity contribution >= 4 is 29.4 Å². The van der Waals surface area contributed by atoms with E-state index in [0.717, 1.165) is 25.9 Å². The number of hydrogen-bond acceptors (Lipinski definition) is 4. The fourth-order valence-corrected chi connectivity index (χ4v) is 2.91. The van der Waals surface area contributed by atoms with Crippen LogP contribution < -0.4 is 15.1 Å². The summed E-state index contributed by atoms with van der Waals surface area (Å²) in [5, 5.41) is 4.36. The molecule has 0 atom stereocenters. The summed E-state index contributed by atoms with van der Waals surface area (Å²) in [6.07, 6.45) is 3.58. The van der Waals surface area contributed by atoms with Gasteiger partial charge in [-0.2, -0.15) is 5.10 Å². The zero-order valence-electron chi connectivity index (χ0n) is 14.1. The van der Waals surface area contributed by atoms with Gasteiger partial charge in [0, 0.05) is 18.1 Å². The zero-order valence-corrected chi connectivity index (χ0v) is 14.9. The fourth-order valence-electron chi connectivity index (χ4n) is 2.73. The molecular formula is C19H19ClFN3O2. The molecule has 1 fully saturated rings. The van der Waals surface area contributed by atoms with Crippen LogP contribution in [0.25, 0.3) is 0 Å². The summed E-state index contributed by atoms with van der Waals surface area (Å²) in [7, 11) is 0. The second kappa shape index (κ2) is 8.67. The number of nitrogens with zero attached hydrogens (tertiary/aromatic N) is 2. The largest absolute Gasteiger partial charge is 0.484 e. The number of rotatable bonds is 6. The highest BCUT2D eigenvalue weighted by molar-refractivity contribution is 6.30. The number of hydrazone groups is 1. The molecule has 1 N–H and O–H groups in total. The Hall–Kier alpha value is -2.60. The lowest BCUT2D eigenvalue weighted by molar-refractivity contribution is -0.123. The highest BCUT2D eigenvalue weighted by Crippen LogP contribution is 2.24. The maximum absolute atomic E-state index is 14.2. The fraction of sp³-hybridized carbons (Fsp3) is 0.263. The van der Waals surface area contributed by atoms with Crippen LogP contribution in [0.4, 0.5) is 10.1 Å². The van der Waals surface area contributed by atoms with Crippen LogP contribution in [-0.2, 0) is 4.79 Å². The highest BCUT2D eigenvalue weighted by atomic mass is 35.5. The van der Waals surface area contributed by atoms with Crippen molar-refractivity contribution in [1.29, 1.82) is 0 Å². The van der Waals surface area contributed by atoms with Crippen molar-refractivity contribution < 1.29 is 13.9 Å². The molecule has 1 amide bonds. The molecule has 1 aliphatic heterocycles. The zero-order chi connectivity index (χ0) is 18.4. The highest BCUT2D eigenvalue weighted by Gasteiger charge is 2.15. The lowest BCUT2D eigenvalue weighted by atomic mass is 10.2. The topological polar surface area (TPSA) is 53.9 Å². The standard InChI is InChI=1S/C19H19ClFN3O2/c20-15-4-3-5-16(11-15)26-13-19(25)23-22-12-14-6-7-18(17(21)10-14)24-8-1-2-9-24/h3-7,10-12H,1-2,8-9,13H2,(H,23,25)/b22-12+. The number of hydrogen-bond donors (Lipinski definition) is 1. The minimum Gasteiger partial charge on any atom is -0.484 e. The molecule has 7 heteroatoms. The summed E-state index contributed by atoms with van der Waals surface area (Å²) in [4.78, 5) is 13.8. The summed E-state index contributed by atoms with van der Waals surface area (Å²) in [6, 6.07) is 11.7. The molecule has 0 bridgehead atoms. The predicted octanol–water partition coefficient (Wildman–Crippen LogP) is 3.61. The molecule has 0 radical (unpaired) electrons. The van der Waals surface area contributed by atoms with Crippen LogP contribution in [0.2, 0.25) is 5.02 Å². The molecule has 1 aliphatic rings. The molecule has 26 heavy (non-hydrogen) atoms. The van der Waals surface area contributed by atoms with E-state index in [1.807, 2.05) is 4.90 Å². The Kier molecular flexibility index (Phi) is 6.07. The normalized spacial score (nSPS) is 14.0. The molecule has 0 unspecified atom stereocenters. The van der Waals surface area contributed by atoms with Crippen LogP contribution in [0.1, 0.15) is 18.4 Å². The molecule has 0 aromatic heterocycles. The number of amides is 1. The van der Waals surface area contributed by atoms with Gasteiger partial charge in [0.1, 0.15) is 11.6 Å². The van der Waals surface area contributed by atoms with Gasteiger partial charge in [-0.1, -0.05) is 23.7 Å². The summed E-state index contributed by atoms with van der Waals surface area (Å²) in [6.45, 7) is 1.57. The van der Waals surface area contributed by atoms with Gasteiger partial charge in [-0.05, 0) is 48.7 Å². The van der Waals surface area contributed by atoms with Crippen molar-refractivity contribution in [3.05, 3.63) is 58.9 Å². The van der Waals surface area contributed by atoms with Crippen LogP contribution in [0.15, 0.2) is 47.6 Å². The van der Waals surface area contributed by atoms with Crippen LogP contribution in [-0.4, -0.2) is 31.8 Å². The molecule has 0 saturated carbocycles. The molecule has 1 saturated heterocycles. The number of halogens is 2. The first-order chi connectivity index (χ1) is 12.6. The van der Waals surface area contributed by atoms with E-state index in [4.69, 9.17) is 16.3 Å². The van der Waals surface area contributed by atoms with Crippen molar-refractivity contribution in [3.8, 4) is 5.75 Å². The van der Waals surface area contributed by atoms with Crippen LogP contribution in [0, 0.1) is 5.82 Å². The first-order valence-corrected chi connectivity index (χ1v) is 8.74. The Labute approximate surface area is 156 Å². The van der Waals surface area contributed by atoms with Crippen molar-refractivity contribution in [2.75, 3.05) is 24.6 Å².